The van der Waals surface area contributed by atoms with Crippen LogP contribution in [0.4, 0.5) is 4.39 Å². The van der Waals surface area contributed by atoms with Gasteiger partial charge in [-0.2, -0.15) is 0 Å². The highest BCUT2D eigenvalue weighted by Crippen LogP contribution is 2.15. The van der Waals surface area contributed by atoms with Gasteiger partial charge in [0, 0.05) is 25.4 Å². The summed E-state index contributed by atoms with van der Waals surface area (Å²) in [5, 5.41) is 16.9. The van der Waals surface area contributed by atoms with Gasteiger partial charge < -0.3 is 10.0 Å². The van der Waals surface area contributed by atoms with Crippen molar-refractivity contribution >= 4 is 21.9 Å². The fourth-order valence-corrected chi connectivity index (χ4v) is 4.59. The molecule has 13 heteroatoms. The van der Waals surface area contributed by atoms with Crippen LogP contribution in [-0.4, -0.2) is 63.9 Å². The molecule has 0 fully saturated rings. The number of nitrogens with zero attached hydrogens (tertiary/aromatic N) is 5. The number of sulfonamides is 1. The molecular weight excluding hydrogens is 515 g/mol. The normalized spacial score (nSPS) is 11.3. The zero-order chi connectivity index (χ0) is 27.3. The lowest BCUT2D eigenvalue weighted by Gasteiger charge is -2.18. The highest BCUT2D eigenvalue weighted by atomic mass is 32.2. The van der Waals surface area contributed by atoms with E-state index < -0.39 is 21.9 Å². The van der Waals surface area contributed by atoms with Gasteiger partial charge in [-0.25, -0.2) is 32.0 Å². The van der Waals surface area contributed by atoms with E-state index >= 15 is 0 Å². The fraction of sp³-hybridized carbons (Fsp3) is 0.160. The molecule has 1 amide bonds. The highest BCUT2D eigenvalue weighted by molar-refractivity contribution is 7.89. The molecule has 0 saturated carbocycles. The molecule has 0 atom stereocenters. The quantitative estimate of drug-likeness (QED) is 0.313. The molecule has 2 aromatic carbocycles. The van der Waals surface area contributed by atoms with Gasteiger partial charge in [0.25, 0.3) is 5.91 Å². The molecule has 4 rings (SSSR count). The molecule has 2 aromatic heterocycles. The van der Waals surface area contributed by atoms with E-state index in [4.69, 9.17) is 5.11 Å². The number of carboxylic acid groups (broad SMARTS) is 1. The smallest absolute Gasteiger partial charge is 0.354 e. The van der Waals surface area contributed by atoms with Crippen molar-refractivity contribution in [3.63, 3.8) is 0 Å². The van der Waals surface area contributed by atoms with Gasteiger partial charge in [-0.3, -0.25) is 4.79 Å². The molecule has 38 heavy (non-hydrogen) atoms. The molecule has 0 spiro atoms. The van der Waals surface area contributed by atoms with E-state index in [0.717, 1.165) is 0 Å². The third-order valence-electron chi connectivity index (χ3n) is 5.62. The van der Waals surface area contributed by atoms with Gasteiger partial charge in [-0.15, -0.1) is 5.10 Å². The Balaban J connectivity index is 1.41. The number of carbonyl (C=O) groups excluding carboxylic acids is 1. The molecule has 2 heterocycles. The van der Waals surface area contributed by atoms with Gasteiger partial charge in [0.1, 0.15) is 11.5 Å². The second kappa shape index (κ2) is 11.3. The summed E-state index contributed by atoms with van der Waals surface area (Å²) >= 11 is 0. The minimum atomic E-state index is -4.01. The Morgan fingerprint density at radius 2 is 1.89 bits per heavy atom. The summed E-state index contributed by atoms with van der Waals surface area (Å²) in [4.78, 5) is 29.0. The van der Waals surface area contributed by atoms with E-state index in [9.17, 15) is 22.4 Å². The van der Waals surface area contributed by atoms with Gasteiger partial charge in [0.2, 0.25) is 10.0 Å². The molecule has 0 bridgehead atoms. The predicted octanol–water partition coefficient (Wildman–Crippen LogP) is 2.29. The third-order valence-corrected chi connectivity index (χ3v) is 7.02. The first-order valence-electron chi connectivity index (χ1n) is 11.3. The summed E-state index contributed by atoms with van der Waals surface area (Å²) in [5.74, 6) is -1.95. The molecule has 0 aliphatic rings. The Hall–Kier alpha value is -4.49. The molecule has 11 nitrogen and oxygen atoms in total. The van der Waals surface area contributed by atoms with Crippen LogP contribution in [0.5, 0.6) is 0 Å². The van der Waals surface area contributed by atoms with Gasteiger partial charge in [-0.1, -0.05) is 29.5 Å². The Morgan fingerprint density at radius 1 is 1.11 bits per heavy atom. The van der Waals surface area contributed by atoms with E-state index in [-0.39, 0.29) is 40.8 Å². The molecule has 0 saturated heterocycles. The first-order valence-corrected chi connectivity index (χ1v) is 12.8. The summed E-state index contributed by atoms with van der Waals surface area (Å²) in [7, 11) is -2.45. The van der Waals surface area contributed by atoms with Gasteiger partial charge in [0.05, 0.1) is 29.0 Å². The number of aromatic carboxylic acids is 1. The molecular formula is C25H23FN6O5S. The zero-order valence-corrected chi connectivity index (χ0v) is 21.0. The van der Waals surface area contributed by atoms with E-state index in [1.165, 1.54) is 64.4 Å². The van der Waals surface area contributed by atoms with Crippen LogP contribution < -0.4 is 4.72 Å². The van der Waals surface area contributed by atoms with E-state index in [0.29, 0.717) is 17.7 Å². The molecule has 0 unspecified atom stereocenters. The Bertz CT molecular complexity index is 1590. The summed E-state index contributed by atoms with van der Waals surface area (Å²) in [6.45, 7) is 0.0516. The third kappa shape index (κ3) is 6.25. The number of aromatic nitrogens is 4. The summed E-state index contributed by atoms with van der Waals surface area (Å²) < 4.78 is 43.4. The van der Waals surface area contributed by atoms with Crippen molar-refractivity contribution in [2.45, 2.75) is 17.9 Å². The SMILES string of the molecule is CN(CCc1ccccc1F)C(=O)c1cccc(S(=O)(=O)NCc2cn(-c3ccnc(C(=O)O)c3)nn2)c1. The van der Waals surface area contributed by atoms with Gasteiger partial charge in [0.15, 0.2) is 0 Å². The van der Waals surface area contributed by atoms with Crippen LogP contribution >= 0.6 is 0 Å². The lowest BCUT2D eigenvalue weighted by atomic mass is 10.1. The number of amides is 1. The zero-order valence-electron chi connectivity index (χ0n) is 20.2. The Labute approximate surface area is 217 Å². The molecule has 196 valence electrons. The van der Waals surface area contributed by atoms with Crippen molar-refractivity contribution in [2.24, 2.45) is 0 Å². The number of nitrogens with one attached hydrogen (secondary N) is 1. The van der Waals surface area contributed by atoms with Gasteiger partial charge in [-0.05, 0) is 48.4 Å². The maximum atomic E-state index is 13.9. The average Bonchev–Trinajstić information content (AvgIpc) is 3.40. The first kappa shape index (κ1) is 26.6. The number of hydrogen-bond acceptors (Lipinski definition) is 7. The van der Waals surface area contributed by atoms with E-state index in [2.05, 4.69) is 20.0 Å². The van der Waals surface area contributed by atoms with Crippen LogP contribution in [0.25, 0.3) is 5.69 Å². The Morgan fingerprint density at radius 3 is 2.66 bits per heavy atom. The highest BCUT2D eigenvalue weighted by Gasteiger charge is 2.19. The molecule has 4 aromatic rings. The Kier molecular flexibility index (Phi) is 7.88. The summed E-state index contributed by atoms with van der Waals surface area (Å²) in [6, 6.07) is 14.8. The number of pyridine rings is 1. The second-order valence-corrected chi connectivity index (χ2v) is 10.0. The van der Waals surface area contributed by atoms with Crippen LogP contribution in [0, 0.1) is 5.82 Å². The monoisotopic (exact) mass is 538 g/mol. The number of carboxylic acids is 1. The van der Waals surface area contributed by atoms with E-state index in [1.807, 2.05) is 0 Å². The number of carbonyl (C=O) groups is 2. The standard InChI is InChI=1S/C25H23FN6O5S/c1-31(12-10-17-5-2-3-8-22(17)26)24(33)18-6-4-7-21(13-18)38(36,37)28-15-19-16-32(30-29-19)20-9-11-27-23(14-20)25(34)35/h2-9,11,13-14,16,28H,10,12,15H2,1H3,(H,34,35). The summed E-state index contributed by atoms with van der Waals surface area (Å²) in [6.07, 6.45) is 3.08. The molecule has 0 radical (unpaired) electrons. The minimum absolute atomic E-state index is 0.113. The van der Waals surface area contributed by atoms with Crippen LogP contribution in [0.15, 0.2) is 78.0 Å². The fourth-order valence-electron chi connectivity index (χ4n) is 3.54. The predicted molar refractivity (Wildman–Crippen MR) is 134 cm³/mol. The molecule has 0 aliphatic heterocycles. The van der Waals surface area contributed by atoms with Crippen LogP contribution in [0.1, 0.15) is 32.1 Å². The van der Waals surface area contributed by atoms with Crippen molar-refractivity contribution in [3.05, 3.63) is 101 Å². The maximum Gasteiger partial charge on any atom is 0.354 e. The number of benzene rings is 2. The van der Waals surface area contributed by atoms with Crippen molar-refractivity contribution in [2.75, 3.05) is 13.6 Å². The van der Waals surface area contributed by atoms with Gasteiger partial charge >= 0.3 is 5.97 Å². The first-order chi connectivity index (χ1) is 18.1. The van der Waals surface area contributed by atoms with Crippen molar-refractivity contribution < 1.29 is 27.5 Å². The minimum Gasteiger partial charge on any atom is -0.477 e. The number of halogens is 1. The van der Waals surface area contributed by atoms with Crippen molar-refractivity contribution in [3.8, 4) is 5.69 Å². The lowest BCUT2D eigenvalue weighted by Crippen LogP contribution is -2.29. The number of hydrogen-bond donors (Lipinski definition) is 2. The number of likely N-dealkylation sites (N-methyl/N-ethyl adjacent to an activating group) is 1. The largest absolute Gasteiger partial charge is 0.477 e. The topological polar surface area (TPSA) is 147 Å². The number of rotatable bonds is 10. The van der Waals surface area contributed by atoms with Crippen LogP contribution in [0.2, 0.25) is 0 Å². The van der Waals surface area contributed by atoms with Crippen molar-refractivity contribution in [1.29, 1.82) is 0 Å². The lowest BCUT2D eigenvalue weighted by molar-refractivity contribution is 0.0689. The van der Waals surface area contributed by atoms with Crippen molar-refractivity contribution in [1.82, 2.24) is 29.6 Å². The summed E-state index contributed by atoms with van der Waals surface area (Å²) in [5.41, 5.74) is 1.15. The second-order valence-electron chi connectivity index (χ2n) is 8.28. The van der Waals surface area contributed by atoms with Crippen LogP contribution in [-0.2, 0) is 23.0 Å². The average molecular weight is 539 g/mol. The molecule has 2 N–H and O–H groups in total. The van der Waals surface area contributed by atoms with E-state index in [1.54, 1.807) is 25.2 Å². The molecule has 0 aliphatic carbocycles. The van der Waals surface area contributed by atoms with Crippen LogP contribution in [0.3, 0.4) is 0 Å². The maximum absolute atomic E-state index is 13.9.